The van der Waals surface area contributed by atoms with Crippen molar-refractivity contribution in [2.45, 2.75) is 32.8 Å². The maximum atomic E-state index is 12.3. The number of carbonyl (C=O) groups excluding carboxylic acids is 1. The van der Waals surface area contributed by atoms with Crippen molar-refractivity contribution in [1.29, 1.82) is 0 Å². The van der Waals surface area contributed by atoms with Gasteiger partial charge in [-0.25, -0.2) is 0 Å². The van der Waals surface area contributed by atoms with E-state index in [-0.39, 0.29) is 5.91 Å². The van der Waals surface area contributed by atoms with Gasteiger partial charge in [-0.15, -0.1) is 0 Å². The zero-order valence-electron chi connectivity index (χ0n) is 15.3. The van der Waals surface area contributed by atoms with Crippen LogP contribution in [-0.2, 0) is 4.79 Å². The highest BCUT2D eigenvalue weighted by Crippen LogP contribution is 2.29. The number of anilines is 1. The molecule has 0 radical (unpaired) electrons. The molecule has 0 aliphatic carbocycles. The van der Waals surface area contributed by atoms with Gasteiger partial charge in [0.15, 0.2) is 17.6 Å². The molecule has 1 N–H and O–H groups in total. The second kappa shape index (κ2) is 8.42. The summed E-state index contributed by atoms with van der Waals surface area (Å²) < 4.78 is 16.1. The standard InChI is InChI=1S/C20H25NO4/c1-13(2)15-6-9-17(10-7-15)25-14(3)20(22)21-16-8-11-18(23-4)19(12-16)24-5/h6-14H,1-5H3,(H,21,22). The molecule has 1 atom stereocenters. The first-order valence-electron chi connectivity index (χ1n) is 8.24. The van der Waals surface area contributed by atoms with E-state index in [4.69, 9.17) is 14.2 Å². The lowest BCUT2D eigenvalue weighted by Gasteiger charge is -2.16. The Balaban J connectivity index is 2.00. The van der Waals surface area contributed by atoms with Crippen molar-refractivity contribution in [3.05, 3.63) is 48.0 Å². The van der Waals surface area contributed by atoms with Crippen molar-refractivity contribution in [3.8, 4) is 17.2 Å². The molecule has 25 heavy (non-hydrogen) atoms. The number of methoxy groups -OCH3 is 2. The number of benzene rings is 2. The minimum absolute atomic E-state index is 0.236. The Morgan fingerprint density at radius 1 is 0.920 bits per heavy atom. The number of nitrogens with one attached hydrogen (secondary N) is 1. The fraction of sp³-hybridized carbons (Fsp3) is 0.350. The first-order chi connectivity index (χ1) is 11.9. The summed E-state index contributed by atoms with van der Waals surface area (Å²) >= 11 is 0. The fourth-order valence-corrected chi connectivity index (χ4v) is 2.35. The van der Waals surface area contributed by atoms with E-state index in [2.05, 4.69) is 19.2 Å². The molecule has 0 spiro atoms. The third kappa shape index (κ3) is 4.89. The highest BCUT2D eigenvalue weighted by molar-refractivity contribution is 5.94. The highest BCUT2D eigenvalue weighted by atomic mass is 16.5. The Morgan fingerprint density at radius 2 is 1.56 bits per heavy atom. The van der Waals surface area contributed by atoms with Crippen LogP contribution in [0.25, 0.3) is 0 Å². The predicted octanol–water partition coefficient (Wildman–Crippen LogP) is 4.23. The monoisotopic (exact) mass is 343 g/mol. The quantitative estimate of drug-likeness (QED) is 0.817. The van der Waals surface area contributed by atoms with Gasteiger partial charge in [0.25, 0.3) is 5.91 Å². The molecule has 0 saturated carbocycles. The summed E-state index contributed by atoms with van der Waals surface area (Å²) in [6.07, 6.45) is -0.627. The van der Waals surface area contributed by atoms with Gasteiger partial charge in [-0.3, -0.25) is 4.79 Å². The van der Waals surface area contributed by atoms with Crippen molar-refractivity contribution in [2.24, 2.45) is 0 Å². The highest BCUT2D eigenvalue weighted by Gasteiger charge is 2.16. The van der Waals surface area contributed by atoms with Crippen LogP contribution in [0.3, 0.4) is 0 Å². The summed E-state index contributed by atoms with van der Waals surface area (Å²) in [4.78, 5) is 12.3. The number of rotatable bonds is 7. The van der Waals surface area contributed by atoms with E-state index < -0.39 is 6.10 Å². The normalized spacial score (nSPS) is 11.8. The summed E-state index contributed by atoms with van der Waals surface area (Å²) in [5.41, 5.74) is 1.85. The van der Waals surface area contributed by atoms with E-state index in [1.54, 1.807) is 39.3 Å². The lowest BCUT2D eigenvalue weighted by molar-refractivity contribution is -0.122. The molecule has 1 unspecified atom stereocenters. The van der Waals surface area contributed by atoms with Crippen LogP contribution in [0, 0.1) is 0 Å². The van der Waals surface area contributed by atoms with Crippen molar-refractivity contribution in [2.75, 3.05) is 19.5 Å². The zero-order valence-corrected chi connectivity index (χ0v) is 15.3. The van der Waals surface area contributed by atoms with E-state index in [9.17, 15) is 4.79 Å². The van der Waals surface area contributed by atoms with Crippen molar-refractivity contribution >= 4 is 11.6 Å². The molecular weight excluding hydrogens is 318 g/mol. The lowest BCUT2D eigenvalue weighted by Crippen LogP contribution is -2.30. The second-order valence-corrected chi connectivity index (χ2v) is 6.04. The maximum Gasteiger partial charge on any atom is 0.265 e. The molecule has 0 saturated heterocycles. The largest absolute Gasteiger partial charge is 0.493 e. The average Bonchev–Trinajstić information content (AvgIpc) is 2.61. The molecule has 2 aromatic carbocycles. The molecule has 2 rings (SSSR count). The Kier molecular flexibility index (Phi) is 6.28. The van der Waals surface area contributed by atoms with Crippen LogP contribution >= 0.6 is 0 Å². The minimum atomic E-state index is -0.627. The van der Waals surface area contributed by atoms with Crippen LogP contribution in [-0.4, -0.2) is 26.2 Å². The topological polar surface area (TPSA) is 56.8 Å². The second-order valence-electron chi connectivity index (χ2n) is 6.04. The number of hydrogen-bond donors (Lipinski definition) is 1. The molecule has 134 valence electrons. The summed E-state index contributed by atoms with van der Waals surface area (Å²) in [5.74, 6) is 2.05. The van der Waals surface area contributed by atoms with Crippen LogP contribution in [0.15, 0.2) is 42.5 Å². The summed E-state index contributed by atoms with van der Waals surface area (Å²) in [6.45, 7) is 5.98. The van der Waals surface area contributed by atoms with Gasteiger partial charge >= 0.3 is 0 Å². The van der Waals surface area contributed by atoms with E-state index in [0.29, 0.717) is 28.9 Å². The molecule has 0 bridgehead atoms. The molecule has 0 heterocycles. The third-order valence-corrected chi connectivity index (χ3v) is 3.88. The molecule has 5 heteroatoms. The summed E-state index contributed by atoms with van der Waals surface area (Å²) in [7, 11) is 3.12. The molecule has 0 aliphatic rings. The SMILES string of the molecule is COc1ccc(NC(=O)C(C)Oc2ccc(C(C)C)cc2)cc1OC. The molecule has 5 nitrogen and oxygen atoms in total. The van der Waals surface area contributed by atoms with Crippen LogP contribution in [0.1, 0.15) is 32.3 Å². The average molecular weight is 343 g/mol. The molecule has 0 fully saturated rings. The van der Waals surface area contributed by atoms with Crippen molar-refractivity contribution < 1.29 is 19.0 Å². The third-order valence-electron chi connectivity index (χ3n) is 3.88. The lowest BCUT2D eigenvalue weighted by atomic mass is 10.0. The van der Waals surface area contributed by atoms with Crippen LogP contribution < -0.4 is 19.5 Å². The first kappa shape index (κ1) is 18.6. The van der Waals surface area contributed by atoms with Crippen LogP contribution in [0.4, 0.5) is 5.69 Å². The Hall–Kier alpha value is -2.69. The molecule has 1 amide bonds. The van der Waals surface area contributed by atoms with E-state index >= 15 is 0 Å². The Morgan fingerprint density at radius 3 is 2.12 bits per heavy atom. The van der Waals surface area contributed by atoms with Gasteiger partial charge in [-0.05, 0) is 42.7 Å². The fourth-order valence-electron chi connectivity index (χ4n) is 2.35. The summed E-state index contributed by atoms with van der Waals surface area (Å²) in [6, 6.07) is 13.0. The maximum absolute atomic E-state index is 12.3. The molecule has 0 aromatic heterocycles. The van der Waals surface area contributed by atoms with Gasteiger partial charge in [0.2, 0.25) is 0 Å². The number of hydrogen-bond acceptors (Lipinski definition) is 4. The first-order valence-corrected chi connectivity index (χ1v) is 8.24. The minimum Gasteiger partial charge on any atom is -0.493 e. The predicted molar refractivity (Wildman–Crippen MR) is 98.8 cm³/mol. The number of ether oxygens (including phenoxy) is 3. The van der Waals surface area contributed by atoms with Gasteiger partial charge < -0.3 is 19.5 Å². The van der Waals surface area contributed by atoms with Crippen LogP contribution in [0.5, 0.6) is 17.2 Å². The summed E-state index contributed by atoms with van der Waals surface area (Å²) in [5, 5.41) is 2.82. The van der Waals surface area contributed by atoms with Gasteiger partial charge in [-0.2, -0.15) is 0 Å². The van der Waals surface area contributed by atoms with Gasteiger partial charge in [0.05, 0.1) is 14.2 Å². The molecular formula is C20H25NO4. The van der Waals surface area contributed by atoms with Crippen molar-refractivity contribution in [3.63, 3.8) is 0 Å². The van der Waals surface area contributed by atoms with Crippen molar-refractivity contribution in [1.82, 2.24) is 0 Å². The zero-order chi connectivity index (χ0) is 18.4. The molecule has 2 aromatic rings. The van der Waals surface area contributed by atoms with E-state index in [0.717, 1.165) is 0 Å². The Bertz CT molecular complexity index is 710. The van der Waals surface area contributed by atoms with E-state index in [1.165, 1.54) is 5.56 Å². The number of amides is 1. The van der Waals surface area contributed by atoms with Gasteiger partial charge in [-0.1, -0.05) is 26.0 Å². The van der Waals surface area contributed by atoms with Crippen LogP contribution in [0.2, 0.25) is 0 Å². The number of carbonyl (C=O) groups is 1. The van der Waals surface area contributed by atoms with Gasteiger partial charge in [0.1, 0.15) is 5.75 Å². The van der Waals surface area contributed by atoms with E-state index in [1.807, 2.05) is 24.3 Å². The molecule has 0 aliphatic heterocycles. The smallest absolute Gasteiger partial charge is 0.265 e. The Labute approximate surface area is 148 Å². The van der Waals surface area contributed by atoms with Gasteiger partial charge in [0, 0.05) is 11.8 Å².